The molecule has 0 aromatic carbocycles. The molecule has 0 amide bonds. The lowest BCUT2D eigenvalue weighted by Crippen LogP contribution is -2.59. The van der Waals surface area contributed by atoms with Gasteiger partial charge in [0.25, 0.3) is 10.2 Å². The Kier molecular flexibility index (Phi) is 7.01. The molecule has 1 fully saturated rings. The van der Waals surface area contributed by atoms with Crippen molar-refractivity contribution in [2.75, 3.05) is 13.1 Å². The molecule has 25 heavy (non-hydrogen) atoms. The minimum absolute atomic E-state index is 0.0608. The molecule has 0 bridgehead atoms. The van der Waals surface area contributed by atoms with Crippen molar-refractivity contribution in [3.63, 3.8) is 0 Å². The maximum atomic E-state index is 12.6. The zero-order chi connectivity index (χ0) is 19.6. The number of carboxylic acid groups (broad SMARTS) is 1. The third-order valence-corrected chi connectivity index (χ3v) is 6.62. The third kappa shape index (κ3) is 5.36. The molecule has 0 radical (unpaired) electrons. The molecule has 0 aromatic heterocycles. The topological polar surface area (TPSA) is 179 Å². The summed E-state index contributed by atoms with van der Waals surface area (Å²) < 4.78 is 28.8. The van der Waals surface area contributed by atoms with Gasteiger partial charge in [-0.25, -0.2) is 0 Å². The summed E-state index contributed by atoms with van der Waals surface area (Å²) in [5.74, 6) is -1.93. The Labute approximate surface area is 148 Å². The van der Waals surface area contributed by atoms with Crippen molar-refractivity contribution in [3.8, 4) is 0 Å². The van der Waals surface area contributed by atoms with Gasteiger partial charge in [-0.15, -0.1) is 0 Å². The predicted molar refractivity (Wildman–Crippen MR) is 93.6 cm³/mol. The molecule has 1 heterocycles. The van der Waals surface area contributed by atoms with E-state index in [0.29, 0.717) is 6.42 Å². The van der Waals surface area contributed by atoms with Crippen molar-refractivity contribution in [2.24, 2.45) is 17.4 Å². The first-order valence-electron chi connectivity index (χ1n) is 8.15. The molecule has 12 heteroatoms. The van der Waals surface area contributed by atoms with E-state index in [1.807, 2.05) is 0 Å². The van der Waals surface area contributed by atoms with Gasteiger partial charge in [0.1, 0.15) is 5.54 Å². The number of hydrogen-bond acceptors (Lipinski definition) is 7. The van der Waals surface area contributed by atoms with Crippen molar-refractivity contribution < 1.29 is 28.4 Å². The number of hydrogen-bond donors (Lipinski definition) is 6. The van der Waals surface area contributed by atoms with Gasteiger partial charge >= 0.3 is 13.1 Å². The Bertz CT molecular complexity index is 585. The third-order valence-electron chi connectivity index (χ3n) is 4.87. The molecule has 0 aromatic rings. The number of nitrogens with one attached hydrogen (secondary N) is 1. The smallest absolute Gasteiger partial charge is 0.451 e. The summed E-state index contributed by atoms with van der Waals surface area (Å²) in [5.41, 5.74) is 9.13. The molecule has 10 nitrogen and oxygen atoms in total. The van der Waals surface area contributed by atoms with E-state index in [2.05, 4.69) is 4.72 Å². The van der Waals surface area contributed by atoms with Crippen molar-refractivity contribution >= 4 is 23.3 Å². The van der Waals surface area contributed by atoms with Gasteiger partial charge in [-0.1, -0.05) is 6.42 Å². The van der Waals surface area contributed by atoms with E-state index in [0.717, 1.165) is 4.31 Å². The van der Waals surface area contributed by atoms with Crippen molar-refractivity contribution in [1.29, 1.82) is 0 Å². The van der Waals surface area contributed by atoms with Gasteiger partial charge in [0.2, 0.25) is 0 Å². The molecule has 3 atom stereocenters. The van der Waals surface area contributed by atoms with Crippen LogP contribution in [0, 0.1) is 5.92 Å². The minimum atomic E-state index is -3.98. The summed E-state index contributed by atoms with van der Waals surface area (Å²) in [6.45, 7) is 4.52. The molecular weight excluding hydrogens is 351 g/mol. The maximum Gasteiger partial charge on any atom is 0.451 e. The molecular formula is C13H29BN4O6S. The summed E-state index contributed by atoms with van der Waals surface area (Å²) in [6, 6.07) is -0.464. The SMILES string of the molecule is C[C@@H](N)C(C)(C)NS(=O)(=O)N1C[C@H](CCCB(O)O)[C@](N)(C(=O)O)C1. The lowest BCUT2D eigenvalue weighted by molar-refractivity contribution is -0.144. The summed E-state index contributed by atoms with van der Waals surface area (Å²) in [5, 5.41) is 27.3. The van der Waals surface area contributed by atoms with Crippen LogP contribution in [0.15, 0.2) is 0 Å². The Morgan fingerprint density at radius 3 is 2.48 bits per heavy atom. The zero-order valence-corrected chi connectivity index (χ0v) is 15.7. The van der Waals surface area contributed by atoms with Crippen LogP contribution in [0.25, 0.3) is 0 Å². The fraction of sp³-hybridized carbons (Fsp3) is 0.923. The van der Waals surface area contributed by atoms with Gasteiger partial charge in [-0.2, -0.15) is 17.4 Å². The van der Waals surface area contributed by atoms with Gasteiger partial charge in [0.15, 0.2) is 0 Å². The van der Waals surface area contributed by atoms with Crippen LogP contribution < -0.4 is 16.2 Å². The van der Waals surface area contributed by atoms with Crippen LogP contribution >= 0.6 is 0 Å². The quantitative estimate of drug-likeness (QED) is 0.246. The van der Waals surface area contributed by atoms with Gasteiger partial charge in [-0.05, 0) is 33.5 Å². The Hall–Kier alpha value is -0.755. The highest BCUT2D eigenvalue weighted by atomic mass is 32.2. The molecule has 1 saturated heterocycles. The second kappa shape index (κ2) is 7.86. The van der Waals surface area contributed by atoms with Crippen LogP contribution in [-0.2, 0) is 15.0 Å². The highest BCUT2D eigenvalue weighted by Crippen LogP contribution is 2.32. The molecule has 8 N–H and O–H groups in total. The van der Waals surface area contributed by atoms with E-state index in [9.17, 15) is 18.3 Å². The molecule has 0 aliphatic carbocycles. The first-order valence-corrected chi connectivity index (χ1v) is 9.59. The van der Waals surface area contributed by atoms with E-state index < -0.39 is 46.3 Å². The normalized spacial score (nSPS) is 26.6. The number of rotatable bonds is 9. The minimum Gasteiger partial charge on any atom is -0.480 e. The largest absolute Gasteiger partial charge is 0.480 e. The van der Waals surface area contributed by atoms with Gasteiger partial charge in [0, 0.05) is 30.6 Å². The second-order valence-corrected chi connectivity index (χ2v) is 9.03. The Morgan fingerprint density at radius 2 is 2.04 bits per heavy atom. The van der Waals surface area contributed by atoms with E-state index in [1.54, 1.807) is 20.8 Å². The lowest BCUT2D eigenvalue weighted by atomic mass is 9.78. The van der Waals surface area contributed by atoms with Crippen molar-refractivity contribution in [1.82, 2.24) is 9.03 Å². The summed E-state index contributed by atoms with van der Waals surface area (Å²) in [6.07, 6.45) is 0.652. The van der Waals surface area contributed by atoms with E-state index in [-0.39, 0.29) is 25.8 Å². The molecule has 146 valence electrons. The van der Waals surface area contributed by atoms with Crippen molar-refractivity contribution in [3.05, 3.63) is 0 Å². The molecule has 0 unspecified atom stereocenters. The first-order chi connectivity index (χ1) is 11.2. The first kappa shape index (κ1) is 22.3. The second-order valence-electron chi connectivity index (χ2n) is 7.36. The van der Waals surface area contributed by atoms with Crippen LogP contribution in [0.1, 0.15) is 33.6 Å². The molecule has 1 rings (SSSR count). The van der Waals surface area contributed by atoms with E-state index in [1.165, 1.54) is 0 Å². The standard InChI is InChI=1S/C13H29BN4O6S/c1-9(15)12(2,3)17-25(23,24)18-7-10(5-4-6-14(21)22)13(16,8-18)11(19)20/h9-10,17,21-22H,4-8,15-16H2,1-3H3,(H,19,20)/t9-,10+,13+/m1/s1. The predicted octanol–water partition coefficient (Wildman–Crippen LogP) is -2.09. The molecule has 0 saturated carbocycles. The van der Waals surface area contributed by atoms with Crippen LogP contribution in [0.4, 0.5) is 0 Å². The fourth-order valence-corrected chi connectivity index (χ4v) is 4.44. The van der Waals surface area contributed by atoms with Gasteiger partial charge < -0.3 is 26.6 Å². The summed E-state index contributed by atoms with van der Waals surface area (Å²) in [4.78, 5) is 11.6. The van der Waals surface area contributed by atoms with Crippen LogP contribution in [-0.4, -0.2) is 71.2 Å². The number of nitrogens with zero attached hydrogens (tertiary/aromatic N) is 1. The van der Waals surface area contributed by atoms with Crippen molar-refractivity contribution in [2.45, 2.75) is 57.1 Å². The Morgan fingerprint density at radius 1 is 1.48 bits per heavy atom. The number of aliphatic carboxylic acids is 1. The highest BCUT2D eigenvalue weighted by molar-refractivity contribution is 7.87. The zero-order valence-electron chi connectivity index (χ0n) is 14.8. The van der Waals surface area contributed by atoms with E-state index >= 15 is 0 Å². The van der Waals surface area contributed by atoms with Gasteiger partial charge in [0.05, 0.1) is 0 Å². The summed E-state index contributed by atoms with van der Waals surface area (Å²) >= 11 is 0. The van der Waals surface area contributed by atoms with E-state index in [4.69, 9.17) is 21.5 Å². The average molecular weight is 380 g/mol. The monoisotopic (exact) mass is 380 g/mol. The van der Waals surface area contributed by atoms with Crippen LogP contribution in [0.2, 0.25) is 6.32 Å². The molecule has 1 aliphatic rings. The fourth-order valence-electron chi connectivity index (χ4n) is 2.71. The molecule has 0 spiro atoms. The molecule has 1 aliphatic heterocycles. The number of carbonyl (C=O) groups is 1. The highest BCUT2D eigenvalue weighted by Gasteiger charge is 2.52. The average Bonchev–Trinajstić information content (AvgIpc) is 2.77. The maximum absolute atomic E-state index is 12.6. The summed E-state index contributed by atoms with van der Waals surface area (Å²) in [7, 11) is -5.47. The lowest BCUT2D eigenvalue weighted by Gasteiger charge is -2.32. The van der Waals surface area contributed by atoms with Crippen LogP contribution in [0.5, 0.6) is 0 Å². The number of carboxylic acids is 1. The van der Waals surface area contributed by atoms with Gasteiger partial charge in [-0.3, -0.25) is 4.79 Å². The van der Waals surface area contributed by atoms with Crippen LogP contribution in [0.3, 0.4) is 0 Å². The number of nitrogens with two attached hydrogens (primary N) is 2. The Balaban J connectivity index is 2.94.